The van der Waals surface area contributed by atoms with E-state index in [1.165, 1.54) is 107 Å². The Balaban J connectivity index is 2.23. The van der Waals surface area contributed by atoms with Crippen LogP contribution < -0.4 is 0 Å². The number of ether oxygens (including phenoxy) is 1. The van der Waals surface area contributed by atoms with E-state index >= 15 is 0 Å². The van der Waals surface area contributed by atoms with E-state index in [0.29, 0.717) is 17.6 Å². The molecule has 5 nitrogen and oxygen atoms in total. The summed E-state index contributed by atoms with van der Waals surface area (Å²) in [7, 11) is -1.37. The first-order chi connectivity index (χ1) is 21.5. The normalized spacial score (nSPS) is 13.0. The highest BCUT2D eigenvalue weighted by Crippen LogP contribution is 2.25. The van der Waals surface area contributed by atoms with Gasteiger partial charge in [0.1, 0.15) is 19.7 Å². The number of quaternary nitrogens is 1. The van der Waals surface area contributed by atoms with E-state index < -0.39 is 25.2 Å². The molecule has 0 saturated carbocycles. The number of benzene rings is 1. The Morgan fingerprint density at radius 1 is 0.630 bits per heavy atom. The molecule has 8 heteroatoms. The quantitative estimate of drug-likeness (QED) is 0.0476. The van der Waals surface area contributed by atoms with Gasteiger partial charge in [-0.25, -0.2) is 0 Å². The van der Waals surface area contributed by atoms with E-state index in [2.05, 4.69) is 91.1 Å². The Morgan fingerprint density at radius 2 is 1.07 bits per heavy atom. The van der Waals surface area contributed by atoms with E-state index in [1.54, 1.807) is 0 Å². The van der Waals surface area contributed by atoms with E-state index in [0.717, 1.165) is 19.0 Å². The molecule has 0 aliphatic rings. The van der Waals surface area contributed by atoms with Crippen LogP contribution in [0.4, 0.5) is 0 Å². The van der Waals surface area contributed by atoms with Crippen LogP contribution in [0.15, 0.2) is 24.3 Å². The molecule has 0 radical (unpaired) electrons. The fourth-order valence-electron chi connectivity index (χ4n) is 6.51. The van der Waals surface area contributed by atoms with Crippen LogP contribution >= 0.6 is 0 Å². The number of rotatable bonds is 29. The maximum absolute atomic E-state index is 12.8. The summed E-state index contributed by atoms with van der Waals surface area (Å²) >= 11 is 0. The molecule has 0 aromatic heterocycles. The first-order valence-corrected chi connectivity index (χ1v) is 28.3. The van der Waals surface area contributed by atoms with Crippen LogP contribution in [-0.2, 0) is 30.7 Å². The third kappa shape index (κ3) is 24.5. The highest BCUT2D eigenvalue weighted by atomic mass is 28.5. The van der Waals surface area contributed by atoms with Gasteiger partial charge in [-0.05, 0) is 76.7 Å². The second-order valence-electron chi connectivity index (χ2n) is 16.7. The van der Waals surface area contributed by atoms with Gasteiger partial charge < -0.3 is 17.5 Å². The summed E-state index contributed by atoms with van der Waals surface area (Å²) < 4.78 is 19.6. The smallest absolute Gasteiger partial charge is 0.314 e. The van der Waals surface area contributed by atoms with Crippen molar-refractivity contribution in [3.05, 3.63) is 35.4 Å². The highest BCUT2D eigenvalue weighted by molar-refractivity contribution is 6.87. The number of carbonyl (C=O) groups is 1. The molecule has 1 aromatic rings. The highest BCUT2D eigenvalue weighted by Gasteiger charge is 2.39. The molecular weight excluding hydrogens is 619 g/mol. The summed E-state index contributed by atoms with van der Waals surface area (Å²) in [5.74, 6) is 0.163. The molecule has 0 unspecified atom stereocenters. The maximum atomic E-state index is 12.8. The average molecular weight is 695 g/mol. The second kappa shape index (κ2) is 22.9. The van der Waals surface area contributed by atoms with Crippen molar-refractivity contribution in [2.45, 2.75) is 168 Å². The van der Waals surface area contributed by atoms with Crippen LogP contribution in [-0.4, -0.2) is 69.3 Å². The minimum Gasteiger partial charge on any atom is -0.437 e. The molecule has 268 valence electrons. The van der Waals surface area contributed by atoms with E-state index in [-0.39, 0.29) is 12.4 Å². The Bertz CT molecular complexity index is 909. The third-order valence-electron chi connectivity index (χ3n) is 8.28. The number of nitrogens with zero attached hydrogens (tertiary/aromatic N) is 1. The fraction of sp³-hybridized carbons (Fsp3) is 0.816. The fourth-order valence-corrected chi connectivity index (χ4v) is 19.0. The lowest BCUT2D eigenvalue weighted by molar-refractivity contribution is -0.895. The molecule has 0 aliphatic carbocycles. The summed E-state index contributed by atoms with van der Waals surface area (Å²) in [5, 5.41) is 0. The van der Waals surface area contributed by atoms with Crippen LogP contribution in [0.5, 0.6) is 0 Å². The standard InChI is InChI=1S/C38H76NO4Si3/c1-11-12-13-14-15-16-17-18-19-20-21-22-23-24-26-36-27-29-37(30-28-36)33-39(2,3)34-38(40)35-41-31-25-32-46(10,42-44(4,5)6)43-45(7,8)9/h27-30H,11-26,31-35H2,1-10H3/q+1. The Labute approximate surface area is 289 Å². The maximum Gasteiger partial charge on any atom is 0.314 e. The molecule has 1 rings (SSSR count). The molecule has 0 atom stereocenters. The molecule has 46 heavy (non-hydrogen) atoms. The zero-order valence-corrected chi connectivity index (χ0v) is 35.2. The minimum absolute atomic E-state index is 0.163. The van der Waals surface area contributed by atoms with Crippen molar-refractivity contribution in [3.63, 3.8) is 0 Å². The van der Waals surface area contributed by atoms with Gasteiger partial charge in [0.15, 0.2) is 16.6 Å². The van der Waals surface area contributed by atoms with Gasteiger partial charge in [0.25, 0.3) is 0 Å². The lowest BCUT2D eigenvalue weighted by atomic mass is 10.0. The van der Waals surface area contributed by atoms with Crippen molar-refractivity contribution < 1.29 is 22.2 Å². The lowest BCUT2D eigenvalue weighted by Crippen LogP contribution is -2.52. The topological polar surface area (TPSA) is 44.8 Å². The van der Waals surface area contributed by atoms with Crippen molar-refractivity contribution in [1.29, 1.82) is 0 Å². The van der Waals surface area contributed by atoms with Gasteiger partial charge in [-0.3, -0.25) is 4.79 Å². The first-order valence-electron chi connectivity index (χ1n) is 18.9. The van der Waals surface area contributed by atoms with E-state index in [1.807, 2.05) is 0 Å². The van der Waals surface area contributed by atoms with Gasteiger partial charge in [0, 0.05) is 12.2 Å². The van der Waals surface area contributed by atoms with Gasteiger partial charge in [-0.2, -0.15) is 0 Å². The summed E-state index contributed by atoms with van der Waals surface area (Å²) in [6.45, 7) is 20.0. The zero-order valence-electron chi connectivity index (χ0n) is 32.2. The first kappa shape index (κ1) is 43.4. The van der Waals surface area contributed by atoms with Crippen LogP contribution in [0.3, 0.4) is 0 Å². The predicted octanol–water partition coefficient (Wildman–Crippen LogP) is 11.0. The molecule has 0 N–H and O–H groups in total. The Morgan fingerprint density at radius 3 is 1.52 bits per heavy atom. The second-order valence-corrected chi connectivity index (χ2v) is 29.5. The van der Waals surface area contributed by atoms with Crippen LogP contribution in [0.25, 0.3) is 0 Å². The Hall–Kier alpha value is -0.619. The number of ketones is 1. The van der Waals surface area contributed by atoms with Crippen molar-refractivity contribution in [2.24, 2.45) is 0 Å². The average Bonchev–Trinajstić information content (AvgIpc) is 2.91. The number of aryl methyl sites for hydroxylation is 1. The van der Waals surface area contributed by atoms with Crippen LogP contribution in [0.1, 0.15) is 114 Å². The summed E-state index contributed by atoms with van der Waals surface area (Å²) in [4.78, 5) is 12.8. The number of likely N-dealkylation sites (N-methyl/N-ethyl adjacent to an activating group) is 1. The zero-order chi connectivity index (χ0) is 34.5. The minimum atomic E-state index is -2.25. The molecule has 1 aromatic carbocycles. The van der Waals surface area contributed by atoms with Gasteiger partial charge in [0.2, 0.25) is 5.78 Å². The summed E-state index contributed by atoms with van der Waals surface area (Å²) in [5.41, 5.74) is 2.72. The molecular formula is C38H76NO4Si3+. The number of hydrogen-bond donors (Lipinski definition) is 0. The SMILES string of the molecule is CCCCCCCCCCCCCCCCc1ccc(C[N+](C)(C)CC(=O)COCCC[Si](C)(O[Si](C)(C)C)O[Si](C)(C)C)cc1. The largest absolute Gasteiger partial charge is 0.437 e. The monoisotopic (exact) mass is 695 g/mol. The van der Waals surface area contributed by atoms with Crippen molar-refractivity contribution in [1.82, 2.24) is 0 Å². The Kier molecular flexibility index (Phi) is 21.6. The molecule has 0 saturated heterocycles. The molecule has 0 amide bonds. The molecule has 0 heterocycles. The number of hydrogen-bond acceptors (Lipinski definition) is 4. The summed E-state index contributed by atoms with van der Waals surface area (Å²) in [6, 6.07) is 10.00. The molecule has 0 spiro atoms. The number of Topliss-reactive ketones (excluding diaryl/α,β-unsaturated/α-hetero) is 1. The molecule has 0 fully saturated rings. The molecule has 0 bridgehead atoms. The van der Waals surface area contributed by atoms with Crippen LogP contribution in [0.2, 0.25) is 51.9 Å². The number of carbonyl (C=O) groups excluding carboxylic acids is 1. The van der Waals surface area contributed by atoms with Gasteiger partial charge in [0.05, 0.1) is 14.1 Å². The van der Waals surface area contributed by atoms with Crippen molar-refractivity contribution >= 4 is 31.0 Å². The van der Waals surface area contributed by atoms with Gasteiger partial charge in [-0.15, -0.1) is 0 Å². The lowest BCUT2D eigenvalue weighted by Gasteiger charge is -2.38. The van der Waals surface area contributed by atoms with Crippen molar-refractivity contribution in [2.75, 3.05) is 33.9 Å². The summed E-state index contributed by atoms with van der Waals surface area (Å²) in [6.07, 6.45) is 21.7. The van der Waals surface area contributed by atoms with E-state index in [9.17, 15) is 4.79 Å². The third-order valence-corrected chi connectivity index (χ3v) is 17.9. The van der Waals surface area contributed by atoms with E-state index in [4.69, 9.17) is 13.0 Å². The van der Waals surface area contributed by atoms with Crippen molar-refractivity contribution in [3.8, 4) is 0 Å². The van der Waals surface area contributed by atoms with Gasteiger partial charge in [-0.1, -0.05) is 115 Å². The predicted molar refractivity (Wildman–Crippen MR) is 207 cm³/mol. The number of unbranched alkanes of at least 4 members (excludes halogenated alkanes) is 13. The molecule has 0 aliphatic heterocycles. The van der Waals surface area contributed by atoms with Crippen LogP contribution in [0, 0.1) is 0 Å². The van der Waals surface area contributed by atoms with Gasteiger partial charge >= 0.3 is 8.56 Å².